The number of aryl methyl sites for hydroxylation is 1. The van der Waals surface area contributed by atoms with E-state index in [1.54, 1.807) is 0 Å². The lowest BCUT2D eigenvalue weighted by Crippen LogP contribution is -2.50. The smallest absolute Gasteiger partial charge is 0.260 e. The van der Waals surface area contributed by atoms with Crippen LogP contribution in [-0.4, -0.2) is 60.6 Å². The lowest BCUT2D eigenvalue weighted by atomic mass is 10.1. The number of amides is 1. The average Bonchev–Trinajstić information content (AvgIpc) is 3.36. The summed E-state index contributed by atoms with van der Waals surface area (Å²) in [5.41, 5.74) is 2.81. The van der Waals surface area contributed by atoms with Gasteiger partial charge in [0.15, 0.2) is 23.9 Å². The molecule has 8 heteroatoms. The summed E-state index contributed by atoms with van der Waals surface area (Å²) in [5.74, 6) is 3.06. The molecule has 0 atom stereocenters. The SMILES string of the molecule is CCc1ccccc1OCC(=O)N1CCN(c2ccc(-c3ccc4c(c3)OCO4)nn2)CC1. The fraction of sp³-hybridized carbons (Fsp3) is 0.320. The van der Waals surface area contributed by atoms with Gasteiger partial charge in [-0.05, 0) is 48.4 Å². The maximum absolute atomic E-state index is 12.6. The van der Waals surface area contributed by atoms with Crippen LogP contribution >= 0.6 is 0 Å². The second-order valence-corrected chi connectivity index (χ2v) is 7.96. The summed E-state index contributed by atoms with van der Waals surface area (Å²) in [5, 5.41) is 8.81. The average molecular weight is 447 g/mol. The van der Waals surface area contributed by atoms with E-state index in [0.717, 1.165) is 46.3 Å². The van der Waals surface area contributed by atoms with Crippen molar-refractivity contribution in [3.63, 3.8) is 0 Å². The van der Waals surface area contributed by atoms with Crippen molar-refractivity contribution < 1.29 is 19.0 Å². The van der Waals surface area contributed by atoms with Gasteiger partial charge in [0.25, 0.3) is 5.91 Å². The zero-order valence-electron chi connectivity index (χ0n) is 18.6. The first-order valence-corrected chi connectivity index (χ1v) is 11.2. The van der Waals surface area contributed by atoms with Gasteiger partial charge in [0.2, 0.25) is 6.79 Å². The Hall–Kier alpha value is -3.81. The summed E-state index contributed by atoms with van der Waals surface area (Å²) in [7, 11) is 0. The summed E-state index contributed by atoms with van der Waals surface area (Å²) in [6.45, 7) is 5.04. The van der Waals surface area contributed by atoms with E-state index in [2.05, 4.69) is 22.0 Å². The Labute approximate surface area is 192 Å². The molecule has 2 aliphatic rings. The minimum Gasteiger partial charge on any atom is -0.483 e. The molecule has 3 aromatic rings. The summed E-state index contributed by atoms with van der Waals surface area (Å²) in [6, 6.07) is 17.5. The number of fused-ring (bicyclic) bond motifs is 1. The van der Waals surface area contributed by atoms with Gasteiger partial charge in [-0.25, -0.2) is 0 Å². The number of hydrogen-bond donors (Lipinski definition) is 0. The lowest BCUT2D eigenvalue weighted by molar-refractivity contribution is -0.133. The van der Waals surface area contributed by atoms with Crippen molar-refractivity contribution in [2.24, 2.45) is 0 Å². The normalized spacial score (nSPS) is 14.9. The molecule has 3 heterocycles. The van der Waals surface area contributed by atoms with E-state index in [4.69, 9.17) is 14.2 Å². The van der Waals surface area contributed by atoms with Crippen LogP contribution in [0.2, 0.25) is 0 Å². The number of benzene rings is 2. The minimum absolute atomic E-state index is 0.00444. The van der Waals surface area contributed by atoms with E-state index >= 15 is 0 Å². The van der Waals surface area contributed by atoms with E-state index in [1.165, 1.54) is 0 Å². The molecule has 0 spiro atoms. The number of para-hydroxylation sites is 1. The number of aromatic nitrogens is 2. The molecule has 0 N–H and O–H groups in total. The van der Waals surface area contributed by atoms with Gasteiger partial charge >= 0.3 is 0 Å². The molecule has 2 aromatic carbocycles. The highest BCUT2D eigenvalue weighted by Crippen LogP contribution is 2.35. The predicted molar refractivity (Wildman–Crippen MR) is 124 cm³/mol. The van der Waals surface area contributed by atoms with Crippen LogP contribution in [0, 0.1) is 0 Å². The largest absolute Gasteiger partial charge is 0.483 e. The van der Waals surface area contributed by atoms with Gasteiger partial charge in [0.05, 0.1) is 5.69 Å². The first-order valence-electron chi connectivity index (χ1n) is 11.2. The number of rotatable bonds is 6. The molecule has 0 bridgehead atoms. The van der Waals surface area contributed by atoms with Crippen molar-refractivity contribution in [1.82, 2.24) is 15.1 Å². The third-order valence-corrected chi connectivity index (χ3v) is 5.98. The lowest BCUT2D eigenvalue weighted by Gasteiger charge is -2.35. The molecule has 1 aromatic heterocycles. The number of ether oxygens (including phenoxy) is 3. The van der Waals surface area contributed by atoms with Crippen LogP contribution in [0.5, 0.6) is 17.2 Å². The minimum atomic E-state index is 0.00444. The first kappa shape index (κ1) is 21.1. The van der Waals surface area contributed by atoms with Crippen molar-refractivity contribution in [3.05, 3.63) is 60.2 Å². The Morgan fingerprint density at radius 2 is 1.79 bits per heavy atom. The molecule has 0 aliphatic carbocycles. The standard InChI is InChI=1S/C25H26N4O4/c1-2-18-5-3-4-6-21(18)31-16-25(30)29-13-11-28(12-14-29)24-10-8-20(26-27-24)19-7-9-22-23(15-19)33-17-32-22/h3-10,15H,2,11-14,16-17H2,1H3. The first-order chi connectivity index (χ1) is 16.2. The fourth-order valence-corrected chi connectivity index (χ4v) is 4.06. The molecule has 8 nitrogen and oxygen atoms in total. The van der Waals surface area contributed by atoms with E-state index in [1.807, 2.05) is 59.5 Å². The molecule has 2 aliphatic heterocycles. The van der Waals surface area contributed by atoms with Gasteiger partial charge < -0.3 is 24.0 Å². The highest BCUT2D eigenvalue weighted by Gasteiger charge is 2.23. The molecule has 33 heavy (non-hydrogen) atoms. The van der Waals surface area contributed by atoms with Crippen LogP contribution < -0.4 is 19.1 Å². The zero-order valence-corrected chi connectivity index (χ0v) is 18.6. The molecule has 0 saturated carbocycles. The fourth-order valence-electron chi connectivity index (χ4n) is 4.06. The molecule has 0 radical (unpaired) electrons. The topological polar surface area (TPSA) is 77.0 Å². The second kappa shape index (κ2) is 9.36. The van der Waals surface area contributed by atoms with Crippen molar-refractivity contribution in [2.45, 2.75) is 13.3 Å². The third-order valence-electron chi connectivity index (χ3n) is 5.98. The molecule has 0 unspecified atom stereocenters. The zero-order chi connectivity index (χ0) is 22.6. The van der Waals surface area contributed by atoms with E-state index < -0.39 is 0 Å². The molecular weight excluding hydrogens is 420 g/mol. The monoisotopic (exact) mass is 446 g/mol. The Balaban J connectivity index is 1.15. The molecular formula is C25H26N4O4. The van der Waals surface area contributed by atoms with Crippen LogP contribution in [0.25, 0.3) is 11.3 Å². The van der Waals surface area contributed by atoms with Crippen LogP contribution in [-0.2, 0) is 11.2 Å². The van der Waals surface area contributed by atoms with Crippen molar-refractivity contribution >= 4 is 11.7 Å². The molecule has 5 rings (SSSR count). The molecule has 1 fully saturated rings. The molecule has 170 valence electrons. The van der Waals surface area contributed by atoms with Crippen molar-refractivity contribution in [2.75, 3.05) is 44.5 Å². The number of nitrogens with zero attached hydrogens (tertiary/aromatic N) is 4. The van der Waals surface area contributed by atoms with Crippen LogP contribution in [0.15, 0.2) is 54.6 Å². The second-order valence-electron chi connectivity index (χ2n) is 7.96. The van der Waals surface area contributed by atoms with Crippen LogP contribution in [0.4, 0.5) is 5.82 Å². The van der Waals surface area contributed by atoms with Crippen LogP contribution in [0.1, 0.15) is 12.5 Å². The van der Waals surface area contributed by atoms with E-state index in [-0.39, 0.29) is 19.3 Å². The van der Waals surface area contributed by atoms with Crippen molar-refractivity contribution in [3.8, 4) is 28.5 Å². The Kier molecular flexibility index (Phi) is 5.97. The highest BCUT2D eigenvalue weighted by molar-refractivity contribution is 5.78. The summed E-state index contributed by atoms with van der Waals surface area (Å²) < 4.78 is 16.6. The highest BCUT2D eigenvalue weighted by atomic mass is 16.7. The van der Waals surface area contributed by atoms with E-state index in [9.17, 15) is 4.79 Å². The summed E-state index contributed by atoms with van der Waals surface area (Å²) in [4.78, 5) is 16.6. The Morgan fingerprint density at radius 3 is 2.58 bits per heavy atom. The van der Waals surface area contributed by atoms with E-state index in [0.29, 0.717) is 26.2 Å². The summed E-state index contributed by atoms with van der Waals surface area (Å²) >= 11 is 0. The Bertz CT molecular complexity index is 1130. The van der Waals surface area contributed by atoms with Gasteiger partial charge in [-0.15, -0.1) is 10.2 Å². The van der Waals surface area contributed by atoms with Crippen LogP contribution in [0.3, 0.4) is 0 Å². The number of carbonyl (C=O) groups is 1. The number of carbonyl (C=O) groups excluding carboxylic acids is 1. The Morgan fingerprint density at radius 1 is 0.970 bits per heavy atom. The van der Waals surface area contributed by atoms with Gasteiger partial charge in [0.1, 0.15) is 5.75 Å². The third kappa shape index (κ3) is 4.55. The maximum Gasteiger partial charge on any atom is 0.260 e. The van der Waals surface area contributed by atoms with Gasteiger partial charge in [0, 0.05) is 31.7 Å². The summed E-state index contributed by atoms with van der Waals surface area (Å²) in [6.07, 6.45) is 0.873. The number of anilines is 1. The van der Waals surface area contributed by atoms with Gasteiger partial charge in [-0.2, -0.15) is 0 Å². The quantitative estimate of drug-likeness (QED) is 0.576. The maximum atomic E-state index is 12.6. The van der Waals surface area contributed by atoms with Crippen molar-refractivity contribution in [1.29, 1.82) is 0 Å². The predicted octanol–water partition coefficient (Wildman–Crippen LogP) is 3.16. The van der Waals surface area contributed by atoms with Gasteiger partial charge in [-0.1, -0.05) is 25.1 Å². The molecule has 1 saturated heterocycles. The number of piperazine rings is 1. The molecule has 1 amide bonds. The number of hydrogen-bond acceptors (Lipinski definition) is 7. The van der Waals surface area contributed by atoms with Gasteiger partial charge in [-0.3, -0.25) is 4.79 Å².